The van der Waals surface area contributed by atoms with E-state index in [0.717, 1.165) is 0 Å². The molecule has 2 aliphatic heterocycles. The second-order valence-electron chi connectivity index (χ2n) is 19.6. The lowest BCUT2D eigenvalue weighted by Gasteiger charge is -2.48. The third kappa shape index (κ3) is 15.2. The summed E-state index contributed by atoms with van der Waals surface area (Å²) in [6.07, 6.45) is -19.3. The first-order valence-corrected chi connectivity index (χ1v) is 27.4. The van der Waals surface area contributed by atoms with Crippen LogP contribution in [0.4, 0.5) is 0 Å². The molecule has 10 rings (SSSR count). The molecule has 0 unspecified atom stereocenters. The van der Waals surface area contributed by atoms with Gasteiger partial charge in [-0.1, -0.05) is 146 Å². The maximum atomic E-state index is 14.6. The van der Waals surface area contributed by atoms with Gasteiger partial charge in [0, 0.05) is 0 Å². The molecule has 0 saturated carbocycles. The van der Waals surface area contributed by atoms with Crippen molar-refractivity contribution >= 4 is 47.8 Å². The van der Waals surface area contributed by atoms with Gasteiger partial charge >= 0.3 is 47.8 Å². The Morgan fingerprint density at radius 2 is 0.425 bits per heavy atom. The molecule has 8 aromatic carbocycles. The first kappa shape index (κ1) is 59.6. The van der Waals surface area contributed by atoms with Crippen molar-refractivity contribution in [2.24, 2.45) is 0 Å². The van der Waals surface area contributed by atoms with E-state index < -0.39 is 122 Å². The zero-order valence-electron chi connectivity index (χ0n) is 46.0. The number of benzene rings is 8. The topological polar surface area (TPSA) is 238 Å². The highest BCUT2D eigenvalue weighted by Crippen LogP contribution is 2.37. The molecule has 19 heteroatoms. The Morgan fingerprint density at radius 1 is 0.241 bits per heavy atom. The van der Waals surface area contributed by atoms with Gasteiger partial charge in [-0.2, -0.15) is 0 Å². The molecular formula is C68H54O19. The van der Waals surface area contributed by atoms with Gasteiger partial charge in [0.1, 0.15) is 25.4 Å². The van der Waals surface area contributed by atoms with Crippen molar-refractivity contribution in [3.63, 3.8) is 0 Å². The van der Waals surface area contributed by atoms with Crippen LogP contribution in [0.2, 0.25) is 0 Å². The summed E-state index contributed by atoms with van der Waals surface area (Å²) >= 11 is 0. The Labute approximate surface area is 498 Å². The van der Waals surface area contributed by atoms with E-state index in [0.29, 0.717) is 0 Å². The molecule has 8 aromatic rings. The molecule has 0 aromatic heterocycles. The number of hydrogen-bond donors (Lipinski definition) is 0. The maximum Gasteiger partial charge on any atom is 0.338 e. The van der Waals surface area contributed by atoms with Crippen molar-refractivity contribution in [3.05, 3.63) is 287 Å². The number of esters is 8. The molecule has 2 saturated heterocycles. The summed E-state index contributed by atoms with van der Waals surface area (Å²) < 4.78 is 69.6. The van der Waals surface area contributed by atoms with E-state index in [2.05, 4.69) is 0 Å². The smallest absolute Gasteiger partial charge is 0.338 e. The number of rotatable bonds is 20. The molecule has 2 fully saturated rings. The second kappa shape index (κ2) is 28.8. The normalized spacial score (nSPS) is 21.3. The van der Waals surface area contributed by atoms with Gasteiger partial charge in [0.2, 0.25) is 12.6 Å². The van der Waals surface area contributed by atoms with Gasteiger partial charge in [-0.3, -0.25) is 0 Å². The van der Waals surface area contributed by atoms with Crippen molar-refractivity contribution in [3.8, 4) is 0 Å². The van der Waals surface area contributed by atoms with E-state index in [1.54, 1.807) is 146 Å². The van der Waals surface area contributed by atoms with Crippen molar-refractivity contribution in [2.45, 2.75) is 61.4 Å². The van der Waals surface area contributed by atoms with Crippen molar-refractivity contribution in [1.82, 2.24) is 0 Å². The third-order valence-corrected chi connectivity index (χ3v) is 13.7. The highest BCUT2D eigenvalue weighted by molar-refractivity contribution is 5.93. The summed E-state index contributed by atoms with van der Waals surface area (Å²) in [5.74, 6) is -7.84. The fraction of sp³-hybridized carbons (Fsp3) is 0.176. The van der Waals surface area contributed by atoms with E-state index in [-0.39, 0.29) is 44.5 Å². The molecule has 440 valence electrons. The Bertz CT molecular complexity index is 3380. The molecular weight excluding hydrogens is 1120 g/mol. The fourth-order valence-corrected chi connectivity index (χ4v) is 9.41. The monoisotopic (exact) mass is 1170 g/mol. The minimum atomic E-state index is -2.14. The Kier molecular flexibility index (Phi) is 19.7. The van der Waals surface area contributed by atoms with Crippen molar-refractivity contribution in [1.29, 1.82) is 0 Å². The summed E-state index contributed by atoms with van der Waals surface area (Å²) in [7, 11) is 0. The number of carbonyl (C=O) groups excluding carboxylic acids is 8. The van der Waals surface area contributed by atoms with Crippen molar-refractivity contribution < 1.29 is 90.5 Å². The minimum absolute atomic E-state index is 0.00894. The van der Waals surface area contributed by atoms with Gasteiger partial charge < -0.3 is 52.1 Å². The lowest BCUT2D eigenvalue weighted by molar-refractivity contribution is -0.373. The number of hydrogen-bond acceptors (Lipinski definition) is 19. The van der Waals surface area contributed by atoms with Crippen LogP contribution in [0.1, 0.15) is 82.9 Å². The van der Waals surface area contributed by atoms with Crippen LogP contribution in [-0.2, 0) is 52.1 Å². The quantitative estimate of drug-likeness (QED) is 0.0510. The van der Waals surface area contributed by atoms with Crippen LogP contribution in [0.3, 0.4) is 0 Å². The third-order valence-electron chi connectivity index (χ3n) is 13.7. The lowest BCUT2D eigenvalue weighted by atomic mass is 9.96. The van der Waals surface area contributed by atoms with Gasteiger partial charge in [-0.05, 0) is 97.1 Å². The molecule has 10 atom stereocenters. The lowest BCUT2D eigenvalue weighted by Crippen LogP contribution is -2.67. The maximum absolute atomic E-state index is 14.6. The predicted octanol–water partition coefficient (Wildman–Crippen LogP) is 9.52. The van der Waals surface area contributed by atoms with Crippen LogP contribution in [0.5, 0.6) is 0 Å². The van der Waals surface area contributed by atoms with Crippen LogP contribution in [-0.4, -0.2) is 122 Å². The Morgan fingerprint density at radius 3 is 0.644 bits per heavy atom. The zero-order chi connectivity index (χ0) is 60.5. The van der Waals surface area contributed by atoms with Gasteiger partial charge in [-0.25, -0.2) is 38.4 Å². The summed E-state index contributed by atoms with van der Waals surface area (Å²) in [5.41, 5.74) is 0.197. The van der Waals surface area contributed by atoms with Crippen LogP contribution in [0.25, 0.3) is 0 Å². The molecule has 0 aliphatic carbocycles. The predicted molar refractivity (Wildman–Crippen MR) is 306 cm³/mol. The highest BCUT2D eigenvalue weighted by atomic mass is 16.8. The fourth-order valence-electron chi connectivity index (χ4n) is 9.41. The van der Waals surface area contributed by atoms with E-state index in [9.17, 15) is 38.4 Å². The number of ether oxygens (including phenoxy) is 11. The molecule has 0 amide bonds. The Hall–Kier alpha value is -10.6. The Balaban J connectivity index is 1.13. The first-order chi connectivity index (χ1) is 42.5. The molecule has 2 heterocycles. The van der Waals surface area contributed by atoms with Crippen LogP contribution < -0.4 is 0 Å². The SMILES string of the molecule is O=C(OC[C@H]1O[C@@H](O[C@@H]2O[C@H](COC(=O)c3ccccc3)[C@@H](OC(=O)c3ccccc3)[C@H](OC(=O)c3ccccc3)[C@@H]2OC(=O)c2ccccc2)[C@@H](OC(=O)c2ccccc2)[C@@H](OC(=O)c2ccccc2)[C@@H]1OC(=O)c1ccccc1)c1ccccc1. The van der Waals surface area contributed by atoms with Crippen LogP contribution in [0.15, 0.2) is 243 Å². The summed E-state index contributed by atoms with van der Waals surface area (Å²) in [4.78, 5) is 115. The largest absolute Gasteiger partial charge is 0.459 e. The van der Waals surface area contributed by atoms with Crippen molar-refractivity contribution in [2.75, 3.05) is 13.2 Å². The average molecular weight is 1180 g/mol. The van der Waals surface area contributed by atoms with Crippen LogP contribution in [0, 0.1) is 0 Å². The summed E-state index contributed by atoms with van der Waals surface area (Å²) in [6, 6.07) is 61.7. The summed E-state index contributed by atoms with van der Waals surface area (Å²) in [5, 5.41) is 0. The average Bonchev–Trinajstić information content (AvgIpc) is 1.98. The zero-order valence-corrected chi connectivity index (χ0v) is 46.0. The van der Waals surface area contributed by atoms with Gasteiger partial charge in [0.25, 0.3) is 0 Å². The first-order valence-electron chi connectivity index (χ1n) is 27.4. The minimum Gasteiger partial charge on any atom is -0.459 e. The molecule has 0 N–H and O–H groups in total. The van der Waals surface area contributed by atoms with E-state index in [1.165, 1.54) is 97.1 Å². The van der Waals surface area contributed by atoms with Gasteiger partial charge in [0.05, 0.1) is 44.5 Å². The van der Waals surface area contributed by atoms with E-state index in [1.807, 2.05) is 0 Å². The molecule has 0 radical (unpaired) electrons. The van der Waals surface area contributed by atoms with Gasteiger partial charge in [0.15, 0.2) is 36.6 Å². The highest BCUT2D eigenvalue weighted by Gasteiger charge is 2.59. The molecule has 0 spiro atoms. The molecule has 87 heavy (non-hydrogen) atoms. The summed E-state index contributed by atoms with van der Waals surface area (Å²) in [6.45, 7) is -1.55. The molecule has 2 aliphatic rings. The van der Waals surface area contributed by atoms with E-state index >= 15 is 0 Å². The molecule has 0 bridgehead atoms. The molecule has 19 nitrogen and oxygen atoms in total. The van der Waals surface area contributed by atoms with E-state index in [4.69, 9.17) is 52.1 Å². The second-order valence-corrected chi connectivity index (χ2v) is 19.6. The number of carbonyl (C=O) groups is 8. The standard InChI is InChI=1S/C68H54O19/c69-59(43-25-9-1-10-26-43)77-41-51-53(81-61(71)45-29-13-3-14-30-45)55(83-63(73)47-33-17-5-18-34-47)57(85-65(75)49-37-21-7-22-38-49)67(79-51)87-68-58(86-66(76)50-39-23-8-24-40-50)56(84-64(74)48-35-19-6-20-36-48)54(82-62(72)46-31-15-4-16-32-46)52(80-68)42-78-60(70)44-27-11-2-12-28-44/h1-40,51-58,67-68H,41-42H2/t51-,52-,53-,54-,55+,56+,57+,58+,67+,68+/m1/s1. The van der Waals surface area contributed by atoms with Crippen LogP contribution >= 0.6 is 0 Å². The van der Waals surface area contributed by atoms with Gasteiger partial charge in [-0.15, -0.1) is 0 Å².